The van der Waals surface area contributed by atoms with Crippen LogP contribution in [0.4, 0.5) is 0 Å². The minimum atomic E-state index is -0.139. The molecule has 0 fully saturated rings. The van der Waals surface area contributed by atoms with Crippen LogP contribution in [0.3, 0.4) is 0 Å². The second-order valence-corrected chi connectivity index (χ2v) is 7.63. The van der Waals surface area contributed by atoms with E-state index in [9.17, 15) is 4.79 Å². The first kappa shape index (κ1) is 15.9. The Bertz CT molecular complexity index is 1190. The average Bonchev–Trinajstić information content (AvgIpc) is 3.17. The van der Waals surface area contributed by atoms with Gasteiger partial charge < -0.3 is 4.57 Å². The lowest BCUT2D eigenvalue weighted by Crippen LogP contribution is -2.24. The highest BCUT2D eigenvalue weighted by Crippen LogP contribution is 2.34. The lowest BCUT2D eigenvalue weighted by molar-refractivity contribution is 0.644. The normalized spacial score (nSPS) is 11.2. The van der Waals surface area contributed by atoms with E-state index in [2.05, 4.69) is 16.2 Å². The molecular weight excluding hydrogens is 354 g/mol. The zero-order valence-corrected chi connectivity index (χ0v) is 15.2. The van der Waals surface area contributed by atoms with Crippen LogP contribution in [-0.2, 0) is 13.6 Å². The monoisotopic (exact) mass is 367 g/mol. The molecule has 124 valence electrons. The first-order chi connectivity index (χ1) is 12.1. The molecule has 3 heterocycles. The van der Waals surface area contributed by atoms with Crippen molar-refractivity contribution < 1.29 is 0 Å². The Labute approximate surface area is 151 Å². The fourth-order valence-electron chi connectivity index (χ4n) is 2.83. The van der Waals surface area contributed by atoms with Gasteiger partial charge in [0, 0.05) is 12.4 Å². The third-order valence-corrected chi connectivity index (χ3v) is 6.16. The Morgan fingerprint density at radius 1 is 1.32 bits per heavy atom. The molecule has 0 atom stereocenters. The summed E-state index contributed by atoms with van der Waals surface area (Å²) >= 11 is 3.18. The van der Waals surface area contributed by atoms with Crippen molar-refractivity contribution in [2.45, 2.75) is 10.9 Å². The third-order valence-electron chi connectivity index (χ3n) is 4.10. The molecule has 25 heavy (non-hydrogen) atoms. The molecule has 0 amide bonds. The molecule has 0 aliphatic heterocycles. The standard InChI is InChI=1S/C17H13N5OS2/c1-21-13-12(14-15(21)20-17(24-2)25-14)8-19-22(16(13)23)9-11-5-3-10(7-18)4-6-11/h3-6,8H,9H2,1-2H3. The maximum Gasteiger partial charge on any atom is 0.291 e. The van der Waals surface area contributed by atoms with Gasteiger partial charge in [0.25, 0.3) is 5.56 Å². The molecule has 1 aromatic carbocycles. The summed E-state index contributed by atoms with van der Waals surface area (Å²) in [4.78, 5) is 17.5. The van der Waals surface area contributed by atoms with Gasteiger partial charge in [-0.05, 0) is 24.0 Å². The second-order valence-electron chi connectivity index (χ2n) is 5.57. The number of thiazole rings is 1. The summed E-state index contributed by atoms with van der Waals surface area (Å²) in [5.74, 6) is 0. The smallest absolute Gasteiger partial charge is 0.291 e. The number of aromatic nitrogens is 4. The average molecular weight is 367 g/mol. The van der Waals surface area contributed by atoms with Crippen LogP contribution in [0.15, 0.2) is 39.6 Å². The van der Waals surface area contributed by atoms with Crippen LogP contribution in [-0.4, -0.2) is 25.6 Å². The lowest BCUT2D eigenvalue weighted by atomic mass is 10.1. The van der Waals surface area contributed by atoms with Gasteiger partial charge in [0.15, 0.2) is 9.99 Å². The molecule has 0 bridgehead atoms. The van der Waals surface area contributed by atoms with Crippen LogP contribution in [0.1, 0.15) is 11.1 Å². The molecule has 6 nitrogen and oxygen atoms in total. The van der Waals surface area contributed by atoms with E-state index < -0.39 is 0 Å². The molecule has 0 spiro atoms. The number of hydrogen-bond acceptors (Lipinski definition) is 6. The summed E-state index contributed by atoms with van der Waals surface area (Å²) in [6.45, 7) is 0.364. The van der Waals surface area contributed by atoms with Gasteiger partial charge in [-0.1, -0.05) is 23.9 Å². The highest BCUT2D eigenvalue weighted by atomic mass is 32.2. The Hall–Kier alpha value is -2.63. The summed E-state index contributed by atoms with van der Waals surface area (Å²) in [6.07, 6.45) is 3.73. The number of rotatable bonds is 3. The van der Waals surface area contributed by atoms with Crippen molar-refractivity contribution in [1.82, 2.24) is 19.3 Å². The molecular formula is C17H13N5OS2. The Kier molecular flexibility index (Phi) is 3.82. The topological polar surface area (TPSA) is 76.5 Å². The highest BCUT2D eigenvalue weighted by molar-refractivity contribution is 8.00. The molecule has 0 aliphatic rings. The molecule has 0 saturated heterocycles. The van der Waals surface area contributed by atoms with Crippen molar-refractivity contribution >= 4 is 44.3 Å². The molecule has 0 unspecified atom stereocenters. The number of fused-ring (bicyclic) bond motifs is 3. The first-order valence-corrected chi connectivity index (χ1v) is 9.54. The van der Waals surface area contributed by atoms with Gasteiger partial charge in [0.05, 0.1) is 29.1 Å². The third kappa shape index (κ3) is 2.52. The fraction of sp³-hybridized carbons (Fsp3) is 0.176. The molecule has 0 radical (unpaired) electrons. The Balaban J connectivity index is 1.83. The van der Waals surface area contributed by atoms with E-state index in [1.54, 1.807) is 41.4 Å². The second kappa shape index (κ2) is 6.02. The van der Waals surface area contributed by atoms with E-state index in [4.69, 9.17) is 5.26 Å². The van der Waals surface area contributed by atoms with Gasteiger partial charge in [-0.2, -0.15) is 10.4 Å². The summed E-state index contributed by atoms with van der Waals surface area (Å²) in [5.41, 5.74) is 2.81. The van der Waals surface area contributed by atoms with Crippen LogP contribution in [0.25, 0.3) is 21.3 Å². The number of nitrogens with zero attached hydrogens (tertiary/aromatic N) is 5. The van der Waals surface area contributed by atoms with Crippen LogP contribution in [0.5, 0.6) is 0 Å². The van der Waals surface area contributed by atoms with Crippen molar-refractivity contribution in [3.05, 3.63) is 51.9 Å². The van der Waals surface area contributed by atoms with E-state index in [1.807, 2.05) is 30.0 Å². The summed E-state index contributed by atoms with van der Waals surface area (Å²) in [7, 11) is 1.86. The predicted octanol–water partition coefficient (Wildman–Crippen LogP) is 2.99. The fourth-order valence-corrected chi connectivity index (χ4v) is 4.43. The van der Waals surface area contributed by atoms with Crippen molar-refractivity contribution in [3.63, 3.8) is 0 Å². The molecule has 4 rings (SSSR count). The Morgan fingerprint density at radius 2 is 2.08 bits per heavy atom. The molecule has 0 aliphatic carbocycles. The van der Waals surface area contributed by atoms with Crippen LogP contribution < -0.4 is 5.56 Å². The van der Waals surface area contributed by atoms with Crippen molar-refractivity contribution in [2.75, 3.05) is 6.26 Å². The Morgan fingerprint density at radius 3 is 2.76 bits per heavy atom. The van der Waals surface area contributed by atoms with Gasteiger partial charge >= 0.3 is 0 Å². The van der Waals surface area contributed by atoms with E-state index in [-0.39, 0.29) is 5.56 Å². The largest absolute Gasteiger partial charge is 0.323 e. The van der Waals surface area contributed by atoms with Gasteiger partial charge in [-0.3, -0.25) is 4.79 Å². The minimum absolute atomic E-state index is 0.139. The van der Waals surface area contributed by atoms with Gasteiger partial charge in [-0.25, -0.2) is 9.67 Å². The zero-order chi connectivity index (χ0) is 17.6. The summed E-state index contributed by atoms with van der Waals surface area (Å²) in [5, 5.41) is 14.1. The SMILES string of the molecule is CSc1nc2c(s1)c1cnn(Cc3ccc(C#N)cc3)c(=O)c1n2C. The van der Waals surface area contributed by atoms with Gasteiger partial charge in [-0.15, -0.1) is 11.3 Å². The molecule has 4 aromatic rings. The van der Waals surface area contributed by atoms with E-state index >= 15 is 0 Å². The summed E-state index contributed by atoms with van der Waals surface area (Å²) in [6, 6.07) is 9.25. The van der Waals surface area contributed by atoms with Gasteiger partial charge in [0.1, 0.15) is 5.52 Å². The number of aryl methyl sites for hydroxylation is 1. The van der Waals surface area contributed by atoms with Crippen molar-refractivity contribution in [1.29, 1.82) is 5.26 Å². The molecule has 0 saturated carbocycles. The zero-order valence-electron chi connectivity index (χ0n) is 13.6. The number of hydrogen-bond donors (Lipinski definition) is 0. The van der Waals surface area contributed by atoms with Crippen LogP contribution >= 0.6 is 23.1 Å². The highest BCUT2D eigenvalue weighted by Gasteiger charge is 2.17. The number of nitriles is 1. The lowest BCUT2D eigenvalue weighted by Gasteiger charge is -2.06. The van der Waals surface area contributed by atoms with Crippen molar-refractivity contribution in [3.8, 4) is 6.07 Å². The van der Waals surface area contributed by atoms with Gasteiger partial charge in [0.2, 0.25) is 0 Å². The molecule has 8 heteroatoms. The van der Waals surface area contributed by atoms with E-state index in [1.165, 1.54) is 4.68 Å². The van der Waals surface area contributed by atoms with Crippen LogP contribution in [0, 0.1) is 11.3 Å². The first-order valence-electron chi connectivity index (χ1n) is 7.50. The maximum atomic E-state index is 12.9. The van der Waals surface area contributed by atoms with Crippen molar-refractivity contribution in [2.24, 2.45) is 7.05 Å². The number of thioether (sulfide) groups is 1. The van der Waals surface area contributed by atoms with E-state index in [0.29, 0.717) is 17.6 Å². The van der Waals surface area contributed by atoms with Crippen LogP contribution in [0.2, 0.25) is 0 Å². The van der Waals surface area contributed by atoms with E-state index in [0.717, 1.165) is 25.6 Å². The molecule has 0 N–H and O–H groups in total. The number of benzene rings is 1. The quantitative estimate of drug-likeness (QED) is 0.520. The predicted molar refractivity (Wildman–Crippen MR) is 100 cm³/mol. The summed E-state index contributed by atoms with van der Waals surface area (Å²) < 4.78 is 5.27. The maximum absolute atomic E-state index is 12.9. The molecule has 3 aromatic heterocycles. The minimum Gasteiger partial charge on any atom is -0.323 e.